The fourth-order valence-electron chi connectivity index (χ4n) is 7.26. The summed E-state index contributed by atoms with van der Waals surface area (Å²) < 4.78 is 0. The Morgan fingerprint density at radius 1 is 1.41 bits per heavy atom. The normalized spacial score (nSPS) is 41.7. The molecule has 0 saturated heterocycles. The Labute approximate surface area is 164 Å². The van der Waals surface area contributed by atoms with Crippen LogP contribution in [0.5, 0.6) is 0 Å². The van der Waals surface area contributed by atoms with E-state index < -0.39 is 5.97 Å². The number of rotatable bonds is 5. The second kappa shape index (κ2) is 6.94. The number of carboxylic acids is 1. The molecular formula is C25H36O2. The van der Waals surface area contributed by atoms with Crippen molar-refractivity contribution in [1.29, 1.82) is 0 Å². The average Bonchev–Trinajstić information content (AvgIpc) is 3.30. The second-order valence-electron chi connectivity index (χ2n) is 10.2. The zero-order chi connectivity index (χ0) is 19.3. The van der Waals surface area contributed by atoms with Gasteiger partial charge in [0, 0.05) is 5.57 Å². The Hall–Kier alpha value is -1.31. The van der Waals surface area contributed by atoms with E-state index in [9.17, 15) is 4.79 Å². The number of allylic oxidation sites excluding steroid dienone is 4. The van der Waals surface area contributed by atoms with Gasteiger partial charge in [0.2, 0.25) is 0 Å². The maximum atomic E-state index is 11.0. The van der Waals surface area contributed by atoms with Crippen LogP contribution in [0, 0.1) is 40.9 Å². The summed E-state index contributed by atoms with van der Waals surface area (Å²) in [6.45, 7) is 11.2. The first-order valence-corrected chi connectivity index (χ1v) is 11.1. The van der Waals surface area contributed by atoms with Crippen molar-refractivity contribution in [2.75, 3.05) is 0 Å². The summed E-state index contributed by atoms with van der Waals surface area (Å²) in [4.78, 5) is 11.0. The molecule has 4 rings (SSSR count). The maximum absolute atomic E-state index is 11.0. The van der Waals surface area contributed by atoms with E-state index in [1.807, 2.05) is 6.08 Å². The molecule has 27 heavy (non-hydrogen) atoms. The highest BCUT2D eigenvalue weighted by atomic mass is 16.4. The number of hydrogen-bond acceptors (Lipinski definition) is 1. The van der Waals surface area contributed by atoms with Crippen LogP contribution in [-0.4, -0.2) is 11.1 Å². The van der Waals surface area contributed by atoms with Crippen LogP contribution >= 0.6 is 0 Å². The first-order chi connectivity index (χ1) is 12.8. The van der Waals surface area contributed by atoms with Crippen molar-refractivity contribution in [3.05, 3.63) is 35.5 Å². The zero-order valence-corrected chi connectivity index (χ0v) is 17.3. The first kappa shape index (κ1) is 19.0. The van der Waals surface area contributed by atoms with Gasteiger partial charge in [0.05, 0.1) is 0 Å². The predicted molar refractivity (Wildman–Crippen MR) is 110 cm³/mol. The zero-order valence-electron chi connectivity index (χ0n) is 17.3. The standard InChI is InChI=1S/C25H36O2/c1-15(7-5-8-17(3)24(26)27)19-12-10-16(2)20-13-11-18-9-6-14-25(4)22(18)23(25)21(19)20/h8-9,15,19-23H,2,5-7,10-14H2,1,3-4H3,(H,26,27)/b17-8+/t15-,19+,20-,21+,22+,23-,25+/m1/s1. The molecular weight excluding hydrogens is 332 g/mol. The fraction of sp³-hybridized carbons (Fsp3) is 0.720. The van der Waals surface area contributed by atoms with Crippen LogP contribution in [0.1, 0.15) is 72.1 Å². The topological polar surface area (TPSA) is 37.3 Å². The molecule has 1 N–H and O–H groups in total. The van der Waals surface area contributed by atoms with Crippen LogP contribution in [0.25, 0.3) is 0 Å². The Kier molecular flexibility index (Phi) is 4.89. The number of hydrogen-bond donors (Lipinski definition) is 1. The van der Waals surface area contributed by atoms with Crippen molar-refractivity contribution in [2.24, 2.45) is 40.9 Å². The van der Waals surface area contributed by atoms with E-state index >= 15 is 0 Å². The van der Waals surface area contributed by atoms with E-state index in [0.717, 1.165) is 42.4 Å². The van der Waals surface area contributed by atoms with Gasteiger partial charge in [-0.15, -0.1) is 0 Å². The van der Waals surface area contributed by atoms with Crippen LogP contribution in [0.2, 0.25) is 0 Å². The van der Waals surface area contributed by atoms with E-state index in [1.54, 1.807) is 12.5 Å². The van der Waals surface area contributed by atoms with Gasteiger partial charge in [0.25, 0.3) is 0 Å². The largest absolute Gasteiger partial charge is 0.478 e. The maximum Gasteiger partial charge on any atom is 0.330 e. The molecule has 0 aromatic heterocycles. The third-order valence-corrected chi connectivity index (χ3v) is 8.79. The molecule has 2 heteroatoms. The van der Waals surface area contributed by atoms with Gasteiger partial charge in [0.15, 0.2) is 0 Å². The number of aliphatic carboxylic acids is 1. The van der Waals surface area contributed by atoms with E-state index in [1.165, 1.54) is 44.1 Å². The summed E-state index contributed by atoms with van der Waals surface area (Å²) in [5, 5.41) is 9.08. The molecule has 0 bridgehead atoms. The van der Waals surface area contributed by atoms with Gasteiger partial charge >= 0.3 is 5.97 Å². The lowest BCUT2D eigenvalue weighted by Gasteiger charge is -2.44. The fourth-order valence-corrected chi connectivity index (χ4v) is 7.26. The average molecular weight is 369 g/mol. The third-order valence-electron chi connectivity index (χ3n) is 8.79. The molecule has 0 heterocycles. The van der Waals surface area contributed by atoms with Crippen molar-refractivity contribution in [2.45, 2.75) is 72.1 Å². The van der Waals surface area contributed by atoms with Gasteiger partial charge in [-0.25, -0.2) is 4.79 Å². The SMILES string of the molecule is C=C1CC[C@@H]([C@H](C)CC/C=C(\C)C(=O)O)[C@@H]2[C@@H]3[C@@H]4C(=CCC[C@]34C)CC[C@H]12. The van der Waals surface area contributed by atoms with Crippen LogP contribution in [-0.2, 0) is 4.79 Å². The van der Waals surface area contributed by atoms with Gasteiger partial charge in [-0.05, 0) is 99.2 Å². The highest BCUT2D eigenvalue weighted by Gasteiger charge is 2.68. The van der Waals surface area contributed by atoms with Crippen molar-refractivity contribution in [3.63, 3.8) is 0 Å². The molecule has 4 aliphatic carbocycles. The van der Waals surface area contributed by atoms with Gasteiger partial charge in [-0.3, -0.25) is 0 Å². The summed E-state index contributed by atoms with van der Waals surface area (Å²) in [5.74, 6) is 3.93. The molecule has 0 unspecified atom stereocenters. The van der Waals surface area contributed by atoms with E-state index in [0.29, 0.717) is 16.9 Å². The summed E-state index contributed by atoms with van der Waals surface area (Å²) in [6.07, 6.45) is 14.3. The van der Waals surface area contributed by atoms with Crippen molar-refractivity contribution in [1.82, 2.24) is 0 Å². The van der Waals surface area contributed by atoms with Crippen LogP contribution in [0.15, 0.2) is 35.5 Å². The molecule has 3 fully saturated rings. The molecule has 148 valence electrons. The molecule has 4 aliphatic rings. The Bertz CT molecular complexity index is 699. The van der Waals surface area contributed by atoms with Gasteiger partial charge in [0.1, 0.15) is 0 Å². The van der Waals surface area contributed by atoms with E-state index in [4.69, 9.17) is 5.11 Å². The number of carbonyl (C=O) groups is 1. The lowest BCUT2D eigenvalue weighted by Crippen LogP contribution is -2.36. The van der Waals surface area contributed by atoms with Gasteiger partial charge < -0.3 is 5.11 Å². The molecule has 0 aromatic carbocycles. The molecule has 0 amide bonds. The van der Waals surface area contributed by atoms with Crippen molar-refractivity contribution in [3.8, 4) is 0 Å². The molecule has 0 aromatic rings. The Balaban J connectivity index is 1.53. The quantitative estimate of drug-likeness (QED) is 0.450. The van der Waals surface area contributed by atoms with Crippen molar-refractivity contribution < 1.29 is 9.90 Å². The minimum absolute atomic E-state index is 0.488. The molecule has 7 atom stereocenters. The molecule has 0 aliphatic heterocycles. The van der Waals surface area contributed by atoms with Crippen LogP contribution < -0.4 is 0 Å². The highest BCUT2D eigenvalue weighted by Crippen LogP contribution is 2.75. The summed E-state index contributed by atoms with van der Waals surface area (Å²) in [7, 11) is 0. The van der Waals surface area contributed by atoms with Crippen LogP contribution in [0.4, 0.5) is 0 Å². The van der Waals surface area contributed by atoms with Gasteiger partial charge in [-0.2, -0.15) is 0 Å². The summed E-state index contributed by atoms with van der Waals surface area (Å²) in [5.41, 5.74) is 4.35. The van der Waals surface area contributed by atoms with E-state index in [-0.39, 0.29) is 0 Å². The molecule has 0 spiro atoms. The monoisotopic (exact) mass is 368 g/mol. The highest BCUT2D eigenvalue weighted by molar-refractivity contribution is 5.85. The van der Waals surface area contributed by atoms with Crippen molar-refractivity contribution >= 4 is 5.97 Å². The summed E-state index contributed by atoms with van der Waals surface area (Å²) >= 11 is 0. The summed E-state index contributed by atoms with van der Waals surface area (Å²) in [6, 6.07) is 0. The lowest BCUT2D eigenvalue weighted by molar-refractivity contribution is -0.132. The Morgan fingerprint density at radius 3 is 2.93 bits per heavy atom. The molecule has 0 radical (unpaired) electrons. The number of fused-ring (bicyclic) bond motifs is 3. The minimum Gasteiger partial charge on any atom is -0.478 e. The smallest absolute Gasteiger partial charge is 0.330 e. The lowest BCUT2D eigenvalue weighted by atomic mass is 9.61. The van der Waals surface area contributed by atoms with Gasteiger partial charge in [-0.1, -0.05) is 43.7 Å². The Morgan fingerprint density at radius 2 is 2.19 bits per heavy atom. The third kappa shape index (κ3) is 3.13. The first-order valence-electron chi connectivity index (χ1n) is 11.1. The van der Waals surface area contributed by atoms with E-state index in [2.05, 4.69) is 26.5 Å². The minimum atomic E-state index is -0.783. The number of carboxylic acid groups (broad SMARTS) is 1. The predicted octanol–water partition coefficient (Wildman–Crippen LogP) is 6.40. The van der Waals surface area contributed by atoms with Crippen LogP contribution in [0.3, 0.4) is 0 Å². The second-order valence-corrected chi connectivity index (χ2v) is 10.2. The molecule has 3 saturated carbocycles. The molecule has 2 nitrogen and oxygen atoms in total.